The van der Waals surface area contributed by atoms with Gasteiger partial charge in [0, 0.05) is 19.6 Å². The molecule has 0 radical (unpaired) electrons. The Morgan fingerprint density at radius 1 is 1.31 bits per heavy atom. The van der Waals surface area contributed by atoms with Gasteiger partial charge in [-0.25, -0.2) is 0 Å². The predicted molar refractivity (Wildman–Crippen MR) is 55.8 cm³/mol. The van der Waals surface area contributed by atoms with Crippen LogP contribution in [0.4, 0.5) is 0 Å². The summed E-state index contributed by atoms with van der Waals surface area (Å²) in [6.07, 6.45) is 4.62. The van der Waals surface area contributed by atoms with Gasteiger partial charge in [-0.3, -0.25) is 0 Å². The number of rotatable bonds is 6. The number of hydrogen-bond acceptors (Lipinski definition) is 2. The van der Waals surface area contributed by atoms with Crippen molar-refractivity contribution in [3.8, 4) is 0 Å². The van der Waals surface area contributed by atoms with Crippen molar-refractivity contribution < 1.29 is 5.11 Å². The third kappa shape index (κ3) is 3.65. The second kappa shape index (κ2) is 5.61. The minimum absolute atomic E-state index is 0.0902. The zero-order valence-corrected chi connectivity index (χ0v) is 9.00. The Kier molecular flexibility index (Phi) is 4.74. The van der Waals surface area contributed by atoms with E-state index in [1.807, 2.05) is 0 Å². The van der Waals surface area contributed by atoms with Crippen LogP contribution in [0.25, 0.3) is 0 Å². The van der Waals surface area contributed by atoms with Crippen LogP contribution in [0.3, 0.4) is 0 Å². The van der Waals surface area contributed by atoms with Gasteiger partial charge in [0.2, 0.25) is 0 Å². The second-order valence-electron chi connectivity index (χ2n) is 4.32. The van der Waals surface area contributed by atoms with Gasteiger partial charge in [-0.05, 0) is 18.8 Å². The smallest absolute Gasteiger partial charge is 0.0667 e. The Labute approximate surface area is 81.9 Å². The molecule has 1 aliphatic heterocycles. The summed E-state index contributed by atoms with van der Waals surface area (Å²) < 4.78 is 0. The van der Waals surface area contributed by atoms with Crippen LogP contribution in [0, 0.1) is 5.92 Å². The van der Waals surface area contributed by atoms with E-state index >= 15 is 0 Å². The lowest BCUT2D eigenvalue weighted by Gasteiger charge is -2.40. The van der Waals surface area contributed by atoms with Crippen LogP contribution >= 0.6 is 0 Å². The molecule has 0 aromatic heterocycles. The van der Waals surface area contributed by atoms with Crippen molar-refractivity contribution in [1.82, 2.24) is 4.90 Å². The van der Waals surface area contributed by atoms with Crippen LogP contribution in [0.2, 0.25) is 0 Å². The number of aliphatic hydroxyl groups excluding tert-OH is 1. The highest BCUT2D eigenvalue weighted by Crippen LogP contribution is 2.20. The Hall–Kier alpha value is -0.0800. The summed E-state index contributed by atoms with van der Waals surface area (Å²) in [4.78, 5) is 2.38. The Morgan fingerprint density at radius 2 is 2.00 bits per heavy atom. The molecule has 0 amide bonds. The Morgan fingerprint density at radius 3 is 2.54 bits per heavy atom. The van der Waals surface area contributed by atoms with Gasteiger partial charge in [0.15, 0.2) is 0 Å². The minimum atomic E-state index is -0.0902. The summed E-state index contributed by atoms with van der Waals surface area (Å²) in [5.74, 6) is 0.916. The van der Waals surface area contributed by atoms with Crippen LogP contribution in [-0.2, 0) is 0 Å². The highest BCUT2D eigenvalue weighted by Gasteiger charge is 2.26. The van der Waals surface area contributed by atoms with Crippen LogP contribution < -0.4 is 0 Å². The predicted octanol–water partition coefficient (Wildman–Crippen LogP) is 1.88. The first-order chi connectivity index (χ1) is 6.26. The molecule has 13 heavy (non-hydrogen) atoms. The highest BCUT2D eigenvalue weighted by molar-refractivity contribution is 4.80. The van der Waals surface area contributed by atoms with Gasteiger partial charge in [0.25, 0.3) is 0 Å². The molecule has 1 heterocycles. The van der Waals surface area contributed by atoms with Crippen molar-refractivity contribution in [3.05, 3.63) is 0 Å². The fourth-order valence-electron chi connectivity index (χ4n) is 2.14. The third-order valence-corrected chi connectivity index (χ3v) is 2.82. The molecule has 2 heteroatoms. The van der Waals surface area contributed by atoms with Gasteiger partial charge >= 0.3 is 0 Å². The maximum atomic E-state index is 9.56. The Balaban J connectivity index is 2.00. The highest BCUT2D eigenvalue weighted by atomic mass is 16.3. The quantitative estimate of drug-likeness (QED) is 0.683. The lowest BCUT2D eigenvalue weighted by Crippen LogP contribution is -2.49. The number of aliphatic hydroxyl groups is 1. The molecule has 78 valence electrons. The summed E-state index contributed by atoms with van der Waals surface area (Å²) in [5.41, 5.74) is 0. The summed E-state index contributed by atoms with van der Waals surface area (Å²) >= 11 is 0. The first-order valence-corrected chi connectivity index (χ1v) is 5.66. The number of nitrogens with zero attached hydrogens (tertiary/aromatic N) is 1. The molecule has 1 aliphatic rings. The minimum Gasteiger partial charge on any atom is -0.392 e. The maximum Gasteiger partial charge on any atom is 0.0667 e. The lowest BCUT2D eigenvalue weighted by atomic mass is 9.94. The normalized spacial score (nSPS) is 21.5. The molecule has 1 N–H and O–H groups in total. The fourth-order valence-corrected chi connectivity index (χ4v) is 2.14. The molecule has 1 saturated heterocycles. The molecule has 0 aliphatic carbocycles. The third-order valence-electron chi connectivity index (χ3n) is 2.82. The van der Waals surface area contributed by atoms with Crippen molar-refractivity contribution >= 4 is 0 Å². The molecule has 0 aromatic rings. The number of β-amino-alcohol motifs (C(OH)–C–C–N with tert-alkyl or cyclic N) is 1. The zero-order valence-electron chi connectivity index (χ0n) is 9.00. The van der Waals surface area contributed by atoms with E-state index in [0.717, 1.165) is 25.3 Å². The van der Waals surface area contributed by atoms with Crippen molar-refractivity contribution in [2.75, 3.05) is 19.6 Å². The molecular weight excluding hydrogens is 162 g/mol. The molecule has 0 saturated carbocycles. The van der Waals surface area contributed by atoms with Gasteiger partial charge in [-0.2, -0.15) is 0 Å². The van der Waals surface area contributed by atoms with Gasteiger partial charge in [-0.15, -0.1) is 0 Å². The van der Waals surface area contributed by atoms with Crippen molar-refractivity contribution in [3.63, 3.8) is 0 Å². The van der Waals surface area contributed by atoms with E-state index in [2.05, 4.69) is 18.7 Å². The molecule has 1 rings (SSSR count). The van der Waals surface area contributed by atoms with Crippen molar-refractivity contribution in [2.24, 2.45) is 5.92 Å². The summed E-state index contributed by atoms with van der Waals surface area (Å²) in [6.45, 7) is 7.70. The standard InChI is InChI=1S/C11H23NO/c1-3-5-10-7-12(8-10)9-11(13)6-4-2/h10-11,13H,3-9H2,1-2H3. The topological polar surface area (TPSA) is 23.5 Å². The van der Waals surface area contributed by atoms with Crippen LogP contribution in [0.1, 0.15) is 39.5 Å². The fraction of sp³-hybridized carbons (Fsp3) is 1.00. The first-order valence-electron chi connectivity index (χ1n) is 5.66. The number of likely N-dealkylation sites (tertiary alicyclic amines) is 1. The Bertz CT molecular complexity index is 132. The van der Waals surface area contributed by atoms with E-state index in [1.165, 1.54) is 25.9 Å². The SMILES string of the molecule is CCCC(O)CN1CC(CCC)C1. The maximum absolute atomic E-state index is 9.56. The van der Waals surface area contributed by atoms with Gasteiger partial charge in [0.05, 0.1) is 6.10 Å². The van der Waals surface area contributed by atoms with Crippen molar-refractivity contribution in [1.29, 1.82) is 0 Å². The van der Waals surface area contributed by atoms with E-state index in [1.54, 1.807) is 0 Å². The molecule has 1 fully saturated rings. The second-order valence-corrected chi connectivity index (χ2v) is 4.32. The van der Waals surface area contributed by atoms with Gasteiger partial charge in [0.1, 0.15) is 0 Å². The molecule has 1 unspecified atom stereocenters. The molecule has 1 atom stereocenters. The van der Waals surface area contributed by atoms with E-state index in [0.29, 0.717) is 0 Å². The van der Waals surface area contributed by atoms with Gasteiger partial charge in [-0.1, -0.05) is 26.7 Å². The molecular formula is C11H23NO. The van der Waals surface area contributed by atoms with E-state index < -0.39 is 0 Å². The van der Waals surface area contributed by atoms with E-state index in [4.69, 9.17) is 0 Å². The average Bonchev–Trinajstić information content (AvgIpc) is 2.01. The molecule has 0 spiro atoms. The summed E-state index contributed by atoms with van der Waals surface area (Å²) in [6, 6.07) is 0. The molecule has 2 nitrogen and oxygen atoms in total. The summed E-state index contributed by atoms with van der Waals surface area (Å²) in [5, 5.41) is 9.56. The van der Waals surface area contributed by atoms with Crippen LogP contribution in [0.5, 0.6) is 0 Å². The van der Waals surface area contributed by atoms with Crippen LogP contribution in [-0.4, -0.2) is 35.7 Å². The van der Waals surface area contributed by atoms with E-state index in [9.17, 15) is 5.11 Å². The van der Waals surface area contributed by atoms with E-state index in [-0.39, 0.29) is 6.10 Å². The average molecular weight is 185 g/mol. The van der Waals surface area contributed by atoms with Crippen LogP contribution in [0.15, 0.2) is 0 Å². The van der Waals surface area contributed by atoms with Gasteiger partial charge < -0.3 is 10.0 Å². The van der Waals surface area contributed by atoms with Crippen molar-refractivity contribution in [2.45, 2.75) is 45.6 Å². The summed E-state index contributed by atoms with van der Waals surface area (Å²) in [7, 11) is 0. The monoisotopic (exact) mass is 185 g/mol. The molecule has 0 bridgehead atoms. The zero-order chi connectivity index (χ0) is 9.68. The largest absolute Gasteiger partial charge is 0.392 e. The first kappa shape index (κ1) is 11.0. The molecule has 0 aromatic carbocycles. The lowest BCUT2D eigenvalue weighted by molar-refractivity contribution is 0.0335. The number of hydrogen-bond donors (Lipinski definition) is 1.